The highest BCUT2D eigenvalue weighted by molar-refractivity contribution is 5.94. The Morgan fingerprint density at radius 1 is 1.00 bits per heavy atom. The number of benzene rings is 2. The quantitative estimate of drug-likeness (QED) is 0.467. The average molecular weight is 455 g/mol. The molecule has 0 aliphatic carbocycles. The molecule has 1 fully saturated rings. The van der Waals surface area contributed by atoms with E-state index in [2.05, 4.69) is 52.5 Å². The molecule has 3 heterocycles. The van der Waals surface area contributed by atoms with Crippen LogP contribution in [0.1, 0.15) is 36.7 Å². The second-order valence-electron chi connectivity index (χ2n) is 8.93. The van der Waals surface area contributed by atoms with Crippen molar-refractivity contribution in [1.82, 2.24) is 20.0 Å². The summed E-state index contributed by atoms with van der Waals surface area (Å²) in [6.45, 7) is 7.65. The summed E-state index contributed by atoms with van der Waals surface area (Å²) >= 11 is 0. The van der Waals surface area contributed by atoms with E-state index >= 15 is 0 Å². The van der Waals surface area contributed by atoms with Crippen molar-refractivity contribution in [3.63, 3.8) is 0 Å². The third kappa shape index (κ3) is 4.02. The van der Waals surface area contributed by atoms with Gasteiger partial charge < -0.3 is 10.2 Å². The Balaban J connectivity index is 1.36. The maximum absolute atomic E-state index is 13.0. The third-order valence-corrected chi connectivity index (χ3v) is 6.81. The molecule has 34 heavy (non-hydrogen) atoms. The molecule has 5 rings (SSSR count). The topological polar surface area (TPSA) is 75.9 Å². The number of fused-ring (bicyclic) bond motifs is 1. The van der Waals surface area contributed by atoms with Gasteiger partial charge in [0, 0.05) is 24.7 Å². The van der Waals surface area contributed by atoms with Crippen molar-refractivity contribution in [2.45, 2.75) is 40.0 Å². The fourth-order valence-corrected chi connectivity index (χ4v) is 4.88. The Morgan fingerprint density at radius 3 is 2.44 bits per heavy atom. The van der Waals surface area contributed by atoms with Gasteiger partial charge in [0.2, 0.25) is 5.91 Å². The maximum atomic E-state index is 13.0. The first-order valence-electron chi connectivity index (χ1n) is 12.0. The first-order chi connectivity index (χ1) is 16.6. The Morgan fingerprint density at radius 2 is 1.71 bits per heavy atom. The number of nitrogens with one attached hydrogen (secondary N) is 1. The first-order valence-corrected chi connectivity index (χ1v) is 12.0. The number of aromatic nitrogens is 4. The van der Waals surface area contributed by atoms with Crippen molar-refractivity contribution < 1.29 is 4.79 Å². The molecule has 1 saturated heterocycles. The molecule has 7 heteroatoms. The second-order valence-corrected chi connectivity index (χ2v) is 8.93. The Kier molecular flexibility index (Phi) is 6.01. The summed E-state index contributed by atoms with van der Waals surface area (Å²) in [6.07, 6.45) is 2.44. The zero-order valence-corrected chi connectivity index (χ0v) is 20.0. The van der Waals surface area contributed by atoms with Crippen molar-refractivity contribution in [1.29, 1.82) is 0 Å². The molecule has 1 aliphatic heterocycles. The number of rotatable bonds is 5. The summed E-state index contributed by atoms with van der Waals surface area (Å²) in [7, 11) is 0. The highest BCUT2D eigenvalue weighted by atomic mass is 16.1. The van der Waals surface area contributed by atoms with E-state index in [1.807, 2.05) is 48.0 Å². The number of carbonyl (C=O) groups excluding carboxylic acids is 1. The van der Waals surface area contributed by atoms with Crippen LogP contribution >= 0.6 is 0 Å². The molecule has 0 atom stereocenters. The summed E-state index contributed by atoms with van der Waals surface area (Å²) in [5.41, 5.74) is 5.90. The van der Waals surface area contributed by atoms with Crippen molar-refractivity contribution in [2.75, 3.05) is 23.3 Å². The molecule has 0 saturated carbocycles. The zero-order chi connectivity index (χ0) is 23.7. The largest absolute Gasteiger partial charge is 0.353 e. The molecule has 1 aliphatic rings. The predicted octanol–water partition coefficient (Wildman–Crippen LogP) is 4.85. The minimum absolute atomic E-state index is 0.0151. The number of piperidine rings is 1. The molecule has 174 valence electrons. The van der Waals surface area contributed by atoms with E-state index in [-0.39, 0.29) is 11.8 Å². The SMILES string of the molecule is CCc1ccccc1NC(=O)C1CCN(c2nnc(C)c3c(C)n(-c4ccccc4)nc23)CC1. The van der Waals surface area contributed by atoms with E-state index in [1.54, 1.807) is 0 Å². The molecular formula is C27H30N6O. The lowest BCUT2D eigenvalue weighted by atomic mass is 9.95. The van der Waals surface area contributed by atoms with Gasteiger partial charge in [-0.05, 0) is 56.9 Å². The van der Waals surface area contributed by atoms with Crippen molar-refractivity contribution in [3.05, 3.63) is 71.5 Å². The standard InChI is InChI=1S/C27H30N6O/c1-4-20-10-8-9-13-23(20)28-27(34)21-14-16-32(17-15-21)26-25-24(18(2)29-30-26)19(3)33(31-25)22-11-6-5-7-12-22/h5-13,21H,4,14-17H2,1-3H3,(H,28,34). The van der Waals surface area contributed by atoms with Gasteiger partial charge in [0.15, 0.2) is 5.82 Å². The molecule has 0 bridgehead atoms. The van der Waals surface area contributed by atoms with E-state index in [0.29, 0.717) is 0 Å². The fraction of sp³-hybridized carbons (Fsp3) is 0.333. The van der Waals surface area contributed by atoms with Crippen LogP contribution in [0.2, 0.25) is 0 Å². The van der Waals surface area contributed by atoms with Crippen LogP contribution in [-0.2, 0) is 11.2 Å². The number of anilines is 2. The van der Waals surface area contributed by atoms with E-state index in [9.17, 15) is 4.79 Å². The number of hydrogen-bond donors (Lipinski definition) is 1. The van der Waals surface area contributed by atoms with Crippen molar-refractivity contribution >= 4 is 28.3 Å². The van der Waals surface area contributed by atoms with Crippen molar-refractivity contribution in [3.8, 4) is 5.69 Å². The lowest BCUT2D eigenvalue weighted by Gasteiger charge is -2.32. The monoisotopic (exact) mass is 454 g/mol. The number of nitrogens with zero attached hydrogens (tertiary/aromatic N) is 5. The number of hydrogen-bond acceptors (Lipinski definition) is 5. The summed E-state index contributed by atoms with van der Waals surface area (Å²) in [6, 6.07) is 18.2. The van der Waals surface area contributed by atoms with Gasteiger partial charge in [-0.2, -0.15) is 10.2 Å². The van der Waals surface area contributed by atoms with Gasteiger partial charge in [0.1, 0.15) is 5.52 Å². The smallest absolute Gasteiger partial charge is 0.227 e. The van der Waals surface area contributed by atoms with Crippen LogP contribution < -0.4 is 10.2 Å². The first kappa shape index (κ1) is 22.1. The lowest BCUT2D eigenvalue weighted by molar-refractivity contribution is -0.120. The summed E-state index contributed by atoms with van der Waals surface area (Å²) in [4.78, 5) is 15.2. The van der Waals surface area contributed by atoms with E-state index in [4.69, 9.17) is 5.10 Å². The average Bonchev–Trinajstić information content (AvgIpc) is 3.23. The molecule has 2 aromatic carbocycles. The number of para-hydroxylation sites is 2. The molecule has 1 N–H and O–H groups in total. The normalized spacial score (nSPS) is 14.5. The van der Waals surface area contributed by atoms with E-state index in [0.717, 1.165) is 77.4 Å². The molecule has 7 nitrogen and oxygen atoms in total. The summed E-state index contributed by atoms with van der Waals surface area (Å²) in [5.74, 6) is 0.886. The van der Waals surface area contributed by atoms with Crippen molar-refractivity contribution in [2.24, 2.45) is 5.92 Å². The Labute approximate surface area is 199 Å². The van der Waals surface area contributed by atoms with Crippen LogP contribution in [0.15, 0.2) is 54.6 Å². The highest BCUT2D eigenvalue weighted by Crippen LogP contribution is 2.32. The Hall–Kier alpha value is -3.74. The van der Waals surface area contributed by atoms with Gasteiger partial charge >= 0.3 is 0 Å². The van der Waals surface area contributed by atoms with Gasteiger partial charge in [-0.25, -0.2) is 4.68 Å². The van der Waals surface area contributed by atoms with E-state index < -0.39 is 0 Å². The van der Waals surface area contributed by atoms with Crippen LogP contribution in [0, 0.1) is 19.8 Å². The second kappa shape index (κ2) is 9.25. The van der Waals surface area contributed by atoms with Gasteiger partial charge in [0.05, 0.1) is 22.5 Å². The van der Waals surface area contributed by atoms with Gasteiger partial charge in [-0.1, -0.05) is 43.3 Å². The van der Waals surface area contributed by atoms with Gasteiger partial charge in [0.25, 0.3) is 0 Å². The molecule has 4 aromatic rings. The van der Waals surface area contributed by atoms with Gasteiger partial charge in [-0.3, -0.25) is 4.79 Å². The lowest BCUT2D eigenvalue weighted by Crippen LogP contribution is -2.39. The van der Waals surface area contributed by atoms with Crippen LogP contribution in [0.5, 0.6) is 0 Å². The van der Waals surface area contributed by atoms with Gasteiger partial charge in [-0.15, -0.1) is 5.10 Å². The van der Waals surface area contributed by atoms with Crippen LogP contribution in [-0.4, -0.2) is 39.0 Å². The minimum Gasteiger partial charge on any atom is -0.353 e. The molecule has 1 amide bonds. The molecule has 0 spiro atoms. The number of aryl methyl sites for hydroxylation is 3. The summed E-state index contributed by atoms with van der Waals surface area (Å²) < 4.78 is 1.97. The predicted molar refractivity (Wildman–Crippen MR) is 136 cm³/mol. The summed E-state index contributed by atoms with van der Waals surface area (Å²) in [5, 5.41) is 18.1. The molecular weight excluding hydrogens is 424 g/mol. The number of carbonyl (C=O) groups is 1. The molecule has 0 unspecified atom stereocenters. The minimum atomic E-state index is -0.0151. The van der Waals surface area contributed by atoms with Crippen LogP contribution in [0.25, 0.3) is 16.6 Å². The van der Waals surface area contributed by atoms with Crippen LogP contribution in [0.3, 0.4) is 0 Å². The van der Waals surface area contributed by atoms with E-state index in [1.165, 1.54) is 0 Å². The van der Waals surface area contributed by atoms with Crippen LogP contribution in [0.4, 0.5) is 11.5 Å². The zero-order valence-electron chi connectivity index (χ0n) is 20.0. The fourth-order valence-electron chi connectivity index (χ4n) is 4.88. The molecule has 2 aromatic heterocycles. The molecule has 0 radical (unpaired) electrons. The third-order valence-electron chi connectivity index (χ3n) is 6.81. The number of amides is 1. The maximum Gasteiger partial charge on any atom is 0.227 e. The highest BCUT2D eigenvalue weighted by Gasteiger charge is 2.28. The Bertz CT molecular complexity index is 1320.